The molecule has 4 aromatic carbocycles. The lowest BCUT2D eigenvalue weighted by atomic mass is 9.84. The molecular formula is C35H35FN6O6S. The van der Waals surface area contributed by atoms with Crippen molar-refractivity contribution in [1.29, 1.82) is 0 Å². The first-order chi connectivity index (χ1) is 23.8. The number of sulfone groups is 1. The molecule has 0 aliphatic carbocycles. The van der Waals surface area contributed by atoms with Crippen LogP contribution >= 0.6 is 0 Å². The summed E-state index contributed by atoms with van der Waals surface area (Å²) in [6, 6.07) is 27.4. The van der Waals surface area contributed by atoms with E-state index in [9.17, 15) is 23.1 Å². The normalized spacial score (nSPS) is 17.0. The number of aliphatic hydroxyl groups is 1. The average molecular weight is 687 g/mol. The van der Waals surface area contributed by atoms with Crippen LogP contribution in [0, 0.1) is 5.82 Å². The Morgan fingerprint density at radius 1 is 1.02 bits per heavy atom. The minimum atomic E-state index is -3.89. The Morgan fingerprint density at radius 2 is 1.73 bits per heavy atom. The summed E-state index contributed by atoms with van der Waals surface area (Å²) in [6.07, 6.45) is -0.819. The molecule has 0 aromatic heterocycles. The van der Waals surface area contributed by atoms with Gasteiger partial charge in [-0.15, -0.1) is 0 Å². The number of nitrogens with zero attached hydrogens (tertiary/aromatic N) is 4. The molecule has 0 spiro atoms. The van der Waals surface area contributed by atoms with Gasteiger partial charge in [0.15, 0.2) is 21.5 Å². The van der Waals surface area contributed by atoms with Crippen molar-refractivity contribution in [2.24, 2.45) is 10.1 Å². The molecule has 1 aliphatic rings. The third-order valence-electron chi connectivity index (χ3n) is 7.93. The van der Waals surface area contributed by atoms with Gasteiger partial charge in [-0.3, -0.25) is 10.2 Å². The van der Waals surface area contributed by atoms with Crippen LogP contribution in [0.2, 0.25) is 0 Å². The maximum absolute atomic E-state index is 14.4. The molecule has 0 bridgehead atoms. The van der Waals surface area contributed by atoms with E-state index < -0.39 is 33.1 Å². The highest BCUT2D eigenvalue weighted by molar-refractivity contribution is 7.91. The molecule has 3 N–H and O–H groups in total. The van der Waals surface area contributed by atoms with Gasteiger partial charge in [0.2, 0.25) is 5.90 Å². The van der Waals surface area contributed by atoms with Crippen LogP contribution in [0.5, 0.6) is 5.75 Å². The lowest BCUT2D eigenvalue weighted by molar-refractivity contribution is -0.130. The number of ether oxygens (including phenoxy) is 2. The molecule has 49 heavy (non-hydrogen) atoms. The predicted molar refractivity (Wildman–Crippen MR) is 181 cm³/mol. The highest BCUT2D eigenvalue weighted by Gasteiger charge is 2.54. The number of nitrogens with one attached hydrogen (secondary N) is 2. The maximum atomic E-state index is 14.4. The van der Waals surface area contributed by atoms with E-state index in [0.29, 0.717) is 35.5 Å². The third kappa shape index (κ3) is 8.42. The van der Waals surface area contributed by atoms with Crippen molar-refractivity contribution in [3.8, 4) is 5.75 Å². The van der Waals surface area contributed by atoms with E-state index in [2.05, 4.69) is 20.9 Å². The number of hydrazine groups is 1. The Morgan fingerprint density at radius 3 is 2.47 bits per heavy atom. The molecule has 2 atom stereocenters. The van der Waals surface area contributed by atoms with Gasteiger partial charge in [0, 0.05) is 47.7 Å². The number of amides is 1. The van der Waals surface area contributed by atoms with Crippen molar-refractivity contribution in [2.75, 3.05) is 25.5 Å². The molecule has 0 radical (unpaired) electrons. The molecule has 1 heterocycles. The molecular weight excluding hydrogens is 651 g/mol. The molecule has 0 fully saturated rings. The van der Waals surface area contributed by atoms with Gasteiger partial charge in [0.05, 0.1) is 17.3 Å². The van der Waals surface area contributed by atoms with Crippen LogP contribution in [0.15, 0.2) is 118 Å². The van der Waals surface area contributed by atoms with Crippen molar-refractivity contribution >= 4 is 27.3 Å². The predicted octanol–water partition coefficient (Wildman–Crippen LogP) is 5.51. The molecule has 0 saturated carbocycles. The third-order valence-corrected chi connectivity index (χ3v) is 9.67. The minimum Gasteiger partial charge on any atom is -0.494 e. The summed E-state index contributed by atoms with van der Waals surface area (Å²) in [4.78, 5) is 22.2. The molecule has 0 unspecified atom stereocenters. The summed E-state index contributed by atoms with van der Waals surface area (Å²) in [6.45, 7) is 0.457. The second-order valence-corrected chi connectivity index (χ2v) is 13.3. The average Bonchev–Trinajstić information content (AvgIpc) is 3.52. The standard InChI is InChI=1S/C35H35FN6O6S/c36-30-13-6-4-9-25(30)19-21-38-41-34(44)35(20-24-49(45,46)28-10-2-1-3-11-28)32(29-12-5-7-14-31(29)40-42-37)48-33(39-35)26-15-17-27(18-16-26)47-23-8-22-43/h1-7,9-18,32,38,43H,8,19-24H2,(H,41,44)/t32-,35-/m0/s1. The Hall–Kier alpha value is -5.27. The van der Waals surface area contributed by atoms with Gasteiger partial charge in [-0.2, -0.15) is 0 Å². The van der Waals surface area contributed by atoms with Crippen molar-refractivity contribution in [3.05, 3.63) is 136 Å². The first-order valence-corrected chi connectivity index (χ1v) is 17.2. The summed E-state index contributed by atoms with van der Waals surface area (Å²) in [5.74, 6) is -0.961. The lowest BCUT2D eigenvalue weighted by Gasteiger charge is -2.31. The summed E-state index contributed by atoms with van der Waals surface area (Å²) < 4.78 is 53.4. The fraction of sp³-hybridized carbons (Fsp3) is 0.257. The lowest BCUT2D eigenvalue weighted by Crippen LogP contribution is -2.53. The van der Waals surface area contributed by atoms with Gasteiger partial charge in [0.25, 0.3) is 5.91 Å². The molecule has 1 aliphatic heterocycles. The van der Waals surface area contributed by atoms with E-state index >= 15 is 0 Å². The molecule has 5 rings (SSSR count). The van der Waals surface area contributed by atoms with Crippen LogP contribution in [-0.4, -0.2) is 56.4 Å². The summed E-state index contributed by atoms with van der Waals surface area (Å²) in [7, 11) is -3.89. The first-order valence-electron chi connectivity index (χ1n) is 15.6. The molecule has 0 saturated heterocycles. The number of hydrogen-bond donors (Lipinski definition) is 3. The van der Waals surface area contributed by atoms with Crippen LogP contribution in [0.4, 0.5) is 10.1 Å². The number of rotatable bonds is 16. The number of hydrogen-bond acceptors (Lipinski definition) is 9. The fourth-order valence-electron chi connectivity index (χ4n) is 5.38. The SMILES string of the molecule is [N-]=[N+]=Nc1ccccc1[C@@H]1OC(c2ccc(OCCCO)cc2)=N[C@]1(CCS(=O)(=O)c1ccccc1)C(=O)NNCCc1ccccc1F. The Labute approximate surface area is 283 Å². The largest absolute Gasteiger partial charge is 0.494 e. The van der Waals surface area contributed by atoms with E-state index in [1.54, 1.807) is 84.9 Å². The van der Waals surface area contributed by atoms with Crippen LogP contribution in [-0.2, 0) is 25.8 Å². The van der Waals surface area contributed by atoms with Crippen molar-refractivity contribution in [1.82, 2.24) is 10.9 Å². The molecule has 12 nitrogen and oxygen atoms in total. The number of carbonyl (C=O) groups is 1. The van der Waals surface area contributed by atoms with Crippen molar-refractivity contribution < 1.29 is 32.2 Å². The number of halogens is 1. The van der Waals surface area contributed by atoms with Gasteiger partial charge in [-0.05, 0) is 60.0 Å². The van der Waals surface area contributed by atoms with Gasteiger partial charge < -0.3 is 14.6 Å². The zero-order valence-corrected chi connectivity index (χ0v) is 27.2. The van der Waals surface area contributed by atoms with E-state index in [1.165, 1.54) is 18.2 Å². The van der Waals surface area contributed by atoms with E-state index in [4.69, 9.17) is 19.6 Å². The van der Waals surface area contributed by atoms with Crippen LogP contribution in [0.1, 0.15) is 35.6 Å². The maximum Gasteiger partial charge on any atom is 0.266 e. The second-order valence-electron chi connectivity index (χ2n) is 11.1. The highest BCUT2D eigenvalue weighted by Crippen LogP contribution is 2.45. The van der Waals surface area contributed by atoms with Gasteiger partial charge in [0.1, 0.15) is 11.6 Å². The minimum absolute atomic E-state index is 0.0103. The highest BCUT2D eigenvalue weighted by atomic mass is 32.2. The molecule has 254 valence electrons. The first kappa shape index (κ1) is 35.0. The summed E-state index contributed by atoms with van der Waals surface area (Å²) >= 11 is 0. The Bertz CT molecular complexity index is 1940. The zero-order chi connectivity index (χ0) is 34.7. The number of azide groups is 1. The van der Waals surface area contributed by atoms with Crippen molar-refractivity contribution in [3.63, 3.8) is 0 Å². The van der Waals surface area contributed by atoms with Gasteiger partial charge in [-0.1, -0.05) is 65.8 Å². The van der Waals surface area contributed by atoms with E-state index in [0.717, 1.165) is 0 Å². The quantitative estimate of drug-likeness (QED) is 0.0458. The van der Waals surface area contributed by atoms with Gasteiger partial charge in [-0.25, -0.2) is 23.2 Å². The summed E-state index contributed by atoms with van der Waals surface area (Å²) in [5.41, 5.74) is 14.4. The topological polar surface area (TPSA) is 175 Å². The number of carbonyl (C=O) groups excluding carboxylic acids is 1. The van der Waals surface area contributed by atoms with E-state index in [1.807, 2.05) is 0 Å². The molecule has 14 heteroatoms. The van der Waals surface area contributed by atoms with Crippen LogP contribution < -0.4 is 15.6 Å². The number of aliphatic hydroxyl groups excluding tert-OH is 1. The fourth-order valence-corrected chi connectivity index (χ4v) is 6.77. The number of benzene rings is 4. The second kappa shape index (κ2) is 16.2. The van der Waals surface area contributed by atoms with Crippen LogP contribution in [0.25, 0.3) is 10.4 Å². The summed E-state index contributed by atoms with van der Waals surface area (Å²) in [5, 5.41) is 12.9. The number of aliphatic imine (C=N–C) groups is 1. The Kier molecular flexibility index (Phi) is 11.6. The monoisotopic (exact) mass is 686 g/mol. The van der Waals surface area contributed by atoms with Crippen LogP contribution in [0.3, 0.4) is 0 Å². The molecule has 1 amide bonds. The van der Waals surface area contributed by atoms with E-state index in [-0.39, 0.29) is 48.3 Å². The van der Waals surface area contributed by atoms with Crippen molar-refractivity contribution in [2.45, 2.75) is 35.8 Å². The van der Waals surface area contributed by atoms with Gasteiger partial charge >= 0.3 is 0 Å². The molecule has 4 aromatic rings. The Balaban J connectivity index is 1.53. The smallest absolute Gasteiger partial charge is 0.266 e. The zero-order valence-electron chi connectivity index (χ0n) is 26.4.